The molecule has 0 amide bonds. The summed E-state index contributed by atoms with van der Waals surface area (Å²) in [6, 6.07) is 0. The average molecular weight is 279 g/mol. The van der Waals surface area contributed by atoms with E-state index in [9.17, 15) is 0 Å². The maximum atomic E-state index is 4.02. The van der Waals surface area contributed by atoms with E-state index < -0.39 is 0 Å². The van der Waals surface area contributed by atoms with Crippen LogP contribution in [0.4, 0.5) is 0 Å². The van der Waals surface area contributed by atoms with Gasteiger partial charge in [0.1, 0.15) is 0 Å². The first kappa shape index (κ1) is 10.5. The Morgan fingerprint density at radius 1 is 1.67 bits per heavy atom. The Morgan fingerprint density at radius 2 is 2.42 bits per heavy atom. The largest absolute Gasteiger partial charge is 0.303 e. The van der Waals surface area contributed by atoms with E-state index in [-0.39, 0.29) is 0 Å². The van der Waals surface area contributed by atoms with Crippen LogP contribution in [0.2, 0.25) is 0 Å². The minimum atomic E-state index is 0.915. The van der Waals surface area contributed by atoms with Gasteiger partial charge in [-0.15, -0.1) is 0 Å². The molecule has 1 nitrogen and oxygen atoms in total. The molecule has 1 heterocycles. The molecule has 1 atom stereocenters. The van der Waals surface area contributed by atoms with Gasteiger partial charge < -0.3 is 4.90 Å². The third-order valence-corrected chi connectivity index (χ3v) is 3.56. The van der Waals surface area contributed by atoms with Crippen molar-refractivity contribution in [3.05, 3.63) is 12.2 Å². The number of hydrogen-bond acceptors (Lipinski definition) is 1. The van der Waals surface area contributed by atoms with E-state index in [1.165, 1.54) is 38.0 Å². The zero-order valence-electron chi connectivity index (χ0n) is 7.85. The molecule has 1 aliphatic rings. The molecule has 0 saturated carbocycles. The number of halogens is 1. The molecule has 0 aromatic heterocycles. The van der Waals surface area contributed by atoms with Crippen molar-refractivity contribution < 1.29 is 0 Å². The number of alkyl halides is 1. The van der Waals surface area contributed by atoms with Crippen LogP contribution in [-0.4, -0.2) is 29.0 Å². The summed E-state index contributed by atoms with van der Waals surface area (Å²) < 4.78 is 1.11. The van der Waals surface area contributed by atoms with Crippen molar-refractivity contribution in [1.82, 2.24) is 4.90 Å². The summed E-state index contributed by atoms with van der Waals surface area (Å²) in [6.07, 6.45) is 2.58. The molecule has 1 unspecified atom stereocenters. The lowest BCUT2D eigenvalue weighted by molar-refractivity contribution is 0.332. The van der Waals surface area contributed by atoms with E-state index in [1.54, 1.807) is 0 Å². The number of likely N-dealkylation sites (tertiary alicyclic amines) is 1. The summed E-state index contributed by atoms with van der Waals surface area (Å²) in [4.78, 5) is 2.56. The van der Waals surface area contributed by atoms with Crippen molar-refractivity contribution in [3.8, 4) is 0 Å². The van der Waals surface area contributed by atoms with Crippen LogP contribution < -0.4 is 0 Å². The monoisotopic (exact) mass is 279 g/mol. The normalized spacial score (nSPS) is 24.7. The van der Waals surface area contributed by atoms with E-state index in [1.807, 2.05) is 0 Å². The Labute approximate surface area is 89.3 Å². The molecule has 12 heavy (non-hydrogen) atoms. The van der Waals surface area contributed by atoms with Gasteiger partial charge in [-0.3, -0.25) is 0 Å². The van der Waals surface area contributed by atoms with Crippen LogP contribution in [0.3, 0.4) is 0 Å². The fourth-order valence-corrected chi connectivity index (χ4v) is 1.99. The standard InChI is InChI=1S/C10H18IN/c1-9(7-11)3-5-12-6-4-10(2)8-12/h10H,1,3-8H2,2H3. The zero-order valence-corrected chi connectivity index (χ0v) is 10.0. The molecule has 0 bridgehead atoms. The first-order chi connectivity index (χ1) is 5.72. The van der Waals surface area contributed by atoms with Crippen molar-refractivity contribution in [2.75, 3.05) is 24.1 Å². The second-order valence-corrected chi connectivity index (χ2v) is 4.59. The fourth-order valence-electron chi connectivity index (χ4n) is 1.61. The Kier molecular flexibility index (Phi) is 4.57. The quantitative estimate of drug-likeness (QED) is 0.434. The fraction of sp³-hybridized carbons (Fsp3) is 0.800. The van der Waals surface area contributed by atoms with Gasteiger partial charge in [0.25, 0.3) is 0 Å². The maximum Gasteiger partial charge on any atom is 0.0203 e. The smallest absolute Gasteiger partial charge is 0.0203 e. The van der Waals surface area contributed by atoms with Crippen molar-refractivity contribution in [2.24, 2.45) is 5.92 Å². The molecule has 0 radical (unpaired) electrons. The lowest BCUT2D eigenvalue weighted by atomic mass is 10.2. The summed E-state index contributed by atoms with van der Waals surface area (Å²) in [5.74, 6) is 0.915. The van der Waals surface area contributed by atoms with Gasteiger partial charge in [-0.2, -0.15) is 0 Å². The van der Waals surface area contributed by atoms with Gasteiger partial charge in [-0.25, -0.2) is 0 Å². The molecular formula is C10H18IN. The van der Waals surface area contributed by atoms with Crippen molar-refractivity contribution in [3.63, 3.8) is 0 Å². The van der Waals surface area contributed by atoms with Crippen LogP contribution in [-0.2, 0) is 0 Å². The van der Waals surface area contributed by atoms with Gasteiger partial charge in [-0.05, 0) is 25.3 Å². The molecule has 1 aliphatic heterocycles. The highest BCUT2D eigenvalue weighted by Crippen LogP contribution is 2.16. The minimum absolute atomic E-state index is 0.915. The molecule has 1 rings (SSSR count). The molecule has 0 N–H and O–H groups in total. The first-order valence-electron chi connectivity index (χ1n) is 4.67. The van der Waals surface area contributed by atoms with Crippen LogP contribution in [0, 0.1) is 5.92 Å². The Bertz CT molecular complexity index is 156. The van der Waals surface area contributed by atoms with Crippen LogP contribution in [0.25, 0.3) is 0 Å². The second-order valence-electron chi connectivity index (χ2n) is 3.83. The molecule has 1 fully saturated rings. The lowest BCUT2D eigenvalue weighted by Crippen LogP contribution is -2.21. The molecule has 0 aromatic carbocycles. The molecule has 70 valence electrons. The van der Waals surface area contributed by atoms with E-state index >= 15 is 0 Å². The Morgan fingerprint density at radius 3 is 2.92 bits per heavy atom. The molecular weight excluding hydrogens is 261 g/mol. The van der Waals surface area contributed by atoms with Crippen LogP contribution in [0.1, 0.15) is 19.8 Å². The summed E-state index contributed by atoms with van der Waals surface area (Å²) in [5, 5.41) is 0. The summed E-state index contributed by atoms with van der Waals surface area (Å²) in [7, 11) is 0. The highest BCUT2D eigenvalue weighted by Gasteiger charge is 2.17. The molecule has 0 aromatic rings. The van der Waals surface area contributed by atoms with Gasteiger partial charge >= 0.3 is 0 Å². The van der Waals surface area contributed by atoms with Gasteiger partial charge in [-0.1, -0.05) is 41.7 Å². The third kappa shape index (κ3) is 3.44. The zero-order chi connectivity index (χ0) is 8.97. The number of rotatable bonds is 4. The topological polar surface area (TPSA) is 3.24 Å². The second kappa shape index (κ2) is 5.22. The van der Waals surface area contributed by atoms with Crippen LogP contribution in [0.15, 0.2) is 12.2 Å². The summed E-state index contributed by atoms with van der Waals surface area (Å²) in [5.41, 5.74) is 1.38. The lowest BCUT2D eigenvalue weighted by Gasteiger charge is -2.14. The molecule has 2 heteroatoms. The highest BCUT2D eigenvalue weighted by atomic mass is 127. The van der Waals surface area contributed by atoms with Gasteiger partial charge in [0.05, 0.1) is 0 Å². The summed E-state index contributed by atoms with van der Waals surface area (Å²) >= 11 is 2.39. The minimum Gasteiger partial charge on any atom is -0.303 e. The van der Waals surface area contributed by atoms with E-state index in [4.69, 9.17) is 0 Å². The maximum absolute atomic E-state index is 4.02. The molecule has 0 spiro atoms. The Balaban J connectivity index is 2.11. The van der Waals surface area contributed by atoms with E-state index in [2.05, 4.69) is 41.0 Å². The van der Waals surface area contributed by atoms with Crippen molar-refractivity contribution in [1.29, 1.82) is 0 Å². The SMILES string of the molecule is C=C(CI)CCN1CCC(C)C1. The molecule has 0 aliphatic carbocycles. The average Bonchev–Trinajstić information content (AvgIpc) is 2.47. The Hall–Kier alpha value is 0.430. The van der Waals surface area contributed by atoms with E-state index in [0.717, 1.165) is 10.3 Å². The number of hydrogen-bond donors (Lipinski definition) is 0. The van der Waals surface area contributed by atoms with Gasteiger partial charge in [0.2, 0.25) is 0 Å². The predicted octanol–water partition coefficient (Wildman–Crippen LogP) is 2.71. The van der Waals surface area contributed by atoms with E-state index in [0.29, 0.717) is 0 Å². The van der Waals surface area contributed by atoms with Crippen molar-refractivity contribution >= 4 is 22.6 Å². The van der Waals surface area contributed by atoms with Gasteiger partial charge in [0.15, 0.2) is 0 Å². The first-order valence-corrected chi connectivity index (χ1v) is 6.20. The van der Waals surface area contributed by atoms with Gasteiger partial charge in [0, 0.05) is 17.5 Å². The summed E-state index contributed by atoms with van der Waals surface area (Å²) in [6.45, 7) is 10.2. The third-order valence-electron chi connectivity index (χ3n) is 2.48. The highest BCUT2D eigenvalue weighted by molar-refractivity contribution is 14.1. The van der Waals surface area contributed by atoms with Crippen molar-refractivity contribution in [2.45, 2.75) is 19.8 Å². The molecule has 1 saturated heterocycles. The van der Waals surface area contributed by atoms with Crippen LogP contribution in [0.5, 0.6) is 0 Å². The predicted molar refractivity (Wildman–Crippen MR) is 62.9 cm³/mol. The van der Waals surface area contributed by atoms with Crippen LogP contribution >= 0.6 is 22.6 Å². The number of nitrogens with zero attached hydrogens (tertiary/aromatic N) is 1.